The molecule has 1 aliphatic heterocycles. The van der Waals surface area contributed by atoms with Crippen molar-refractivity contribution in [2.75, 3.05) is 13.1 Å². The summed E-state index contributed by atoms with van der Waals surface area (Å²) < 4.78 is 51.2. The van der Waals surface area contributed by atoms with Gasteiger partial charge in [0.1, 0.15) is 0 Å². The van der Waals surface area contributed by atoms with Gasteiger partial charge in [0, 0.05) is 0 Å². The first-order valence-electron chi connectivity index (χ1n) is 4.88. The van der Waals surface area contributed by atoms with E-state index < -0.39 is 36.9 Å². The van der Waals surface area contributed by atoms with Crippen LogP contribution in [-0.4, -0.2) is 41.8 Å². The van der Waals surface area contributed by atoms with Crippen LogP contribution in [0.5, 0.6) is 0 Å². The van der Waals surface area contributed by atoms with Crippen molar-refractivity contribution < 1.29 is 22.4 Å². The SMILES string of the molecule is CC(C)[C@H](N)C(=O)N1CC(F)(F)C(F)(F)C1.Cl. The molecule has 1 saturated heterocycles. The van der Waals surface area contributed by atoms with Gasteiger partial charge >= 0.3 is 11.8 Å². The second-order valence-electron chi connectivity index (χ2n) is 4.37. The van der Waals surface area contributed by atoms with Crippen LogP contribution in [0.1, 0.15) is 13.8 Å². The molecule has 1 rings (SSSR count). The van der Waals surface area contributed by atoms with Gasteiger partial charge in [-0.3, -0.25) is 4.79 Å². The standard InChI is InChI=1S/C9H14F4N2O.ClH/c1-5(2)6(14)7(16)15-3-8(10,11)9(12,13)4-15;/h5-6H,3-4,14H2,1-2H3;1H/t6-;/m0./s1. The molecule has 17 heavy (non-hydrogen) atoms. The van der Waals surface area contributed by atoms with Crippen molar-refractivity contribution in [1.82, 2.24) is 4.90 Å². The zero-order valence-electron chi connectivity index (χ0n) is 9.42. The monoisotopic (exact) mass is 278 g/mol. The molecule has 0 aromatic heterocycles. The minimum Gasteiger partial charge on any atom is -0.329 e. The fourth-order valence-electron chi connectivity index (χ4n) is 1.42. The Labute approximate surface area is 103 Å². The van der Waals surface area contributed by atoms with E-state index in [2.05, 4.69) is 0 Å². The number of carbonyl (C=O) groups is 1. The highest BCUT2D eigenvalue weighted by Gasteiger charge is 2.64. The Morgan fingerprint density at radius 3 is 1.82 bits per heavy atom. The van der Waals surface area contributed by atoms with Crippen LogP contribution in [0.2, 0.25) is 0 Å². The van der Waals surface area contributed by atoms with Crippen LogP contribution in [-0.2, 0) is 4.79 Å². The lowest BCUT2D eigenvalue weighted by Gasteiger charge is -2.22. The Hall–Kier alpha value is -0.560. The second kappa shape index (κ2) is 4.97. The first kappa shape index (κ1) is 16.4. The highest BCUT2D eigenvalue weighted by atomic mass is 35.5. The van der Waals surface area contributed by atoms with Crippen LogP contribution < -0.4 is 5.73 Å². The summed E-state index contributed by atoms with van der Waals surface area (Å²) in [6.07, 6.45) is 0. The van der Waals surface area contributed by atoms with Crippen LogP contribution in [0.4, 0.5) is 17.6 Å². The van der Waals surface area contributed by atoms with Gasteiger partial charge in [-0.2, -0.15) is 17.6 Å². The number of rotatable bonds is 2. The topological polar surface area (TPSA) is 46.3 Å². The van der Waals surface area contributed by atoms with E-state index in [1.807, 2.05) is 0 Å². The first-order valence-corrected chi connectivity index (χ1v) is 4.88. The van der Waals surface area contributed by atoms with E-state index in [9.17, 15) is 22.4 Å². The second-order valence-corrected chi connectivity index (χ2v) is 4.37. The third kappa shape index (κ3) is 3.01. The fourth-order valence-corrected chi connectivity index (χ4v) is 1.42. The Bertz CT molecular complexity index is 283. The Balaban J connectivity index is 0.00000256. The molecule has 2 N–H and O–H groups in total. The molecule has 1 aliphatic rings. The summed E-state index contributed by atoms with van der Waals surface area (Å²) in [6, 6.07) is -1.02. The van der Waals surface area contributed by atoms with Gasteiger partial charge < -0.3 is 10.6 Å². The van der Waals surface area contributed by atoms with E-state index in [1.54, 1.807) is 13.8 Å². The van der Waals surface area contributed by atoms with Gasteiger partial charge in [-0.25, -0.2) is 0 Å². The number of halogens is 5. The predicted octanol–water partition coefficient (Wildman–Crippen LogP) is 1.50. The molecule has 0 aromatic carbocycles. The van der Waals surface area contributed by atoms with Crippen molar-refractivity contribution in [3.05, 3.63) is 0 Å². The van der Waals surface area contributed by atoms with E-state index >= 15 is 0 Å². The molecule has 1 amide bonds. The molecule has 3 nitrogen and oxygen atoms in total. The average Bonchev–Trinajstić information content (AvgIpc) is 2.33. The molecule has 0 saturated carbocycles. The minimum atomic E-state index is -4.17. The van der Waals surface area contributed by atoms with Crippen LogP contribution >= 0.6 is 12.4 Å². The molecule has 0 aliphatic carbocycles. The number of nitrogens with zero attached hydrogens (tertiary/aromatic N) is 1. The Kier molecular flexibility index (Phi) is 4.81. The maximum atomic E-state index is 12.8. The zero-order valence-corrected chi connectivity index (χ0v) is 10.2. The van der Waals surface area contributed by atoms with Gasteiger partial charge in [0.15, 0.2) is 0 Å². The number of likely N-dealkylation sites (tertiary alicyclic amines) is 1. The summed E-state index contributed by atoms with van der Waals surface area (Å²) in [7, 11) is 0. The molecular formula is C9H15ClF4N2O. The van der Waals surface area contributed by atoms with Crippen molar-refractivity contribution in [3.63, 3.8) is 0 Å². The number of carbonyl (C=O) groups excluding carboxylic acids is 1. The van der Waals surface area contributed by atoms with Gasteiger partial charge in [-0.1, -0.05) is 13.8 Å². The summed E-state index contributed by atoms with van der Waals surface area (Å²) in [5, 5.41) is 0. The fraction of sp³-hybridized carbons (Fsp3) is 0.889. The van der Waals surface area contributed by atoms with Gasteiger partial charge in [-0.15, -0.1) is 12.4 Å². The third-order valence-electron chi connectivity index (χ3n) is 2.63. The van der Waals surface area contributed by atoms with Gasteiger partial charge in [0.05, 0.1) is 19.1 Å². The molecule has 1 fully saturated rings. The van der Waals surface area contributed by atoms with Gasteiger partial charge in [0.25, 0.3) is 0 Å². The molecule has 1 heterocycles. The number of hydrogen-bond acceptors (Lipinski definition) is 2. The minimum absolute atomic E-state index is 0. The van der Waals surface area contributed by atoms with Crippen LogP contribution in [0, 0.1) is 5.92 Å². The van der Waals surface area contributed by atoms with Crippen LogP contribution in [0.25, 0.3) is 0 Å². The lowest BCUT2D eigenvalue weighted by atomic mass is 10.0. The summed E-state index contributed by atoms with van der Waals surface area (Å²) >= 11 is 0. The average molecular weight is 279 g/mol. The van der Waals surface area contributed by atoms with E-state index in [0.29, 0.717) is 4.90 Å². The highest BCUT2D eigenvalue weighted by Crippen LogP contribution is 2.41. The van der Waals surface area contributed by atoms with Gasteiger partial charge in [0.2, 0.25) is 5.91 Å². The zero-order chi connectivity index (χ0) is 12.7. The van der Waals surface area contributed by atoms with Crippen molar-refractivity contribution in [2.24, 2.45) is 11.7 Å². The molecule has 0 radical (unpaired) electrons. The van der Waals surface area contributed by atoms with Crippen molar-refractivity contribution in [1.29, 1.82) is 0 Å². The summed E-state index contributed by atoms with van der Waals surface area (Å²) in [5.74, 6) is -9.47. The van der Waals surface area contributed by atoms with E-state index in [4.69, 9.17) is 5.73 Å². The summed E-state index contributed by atoms with van der Waals surface area (Å²) in [6.45, 7) is 0.711. The smallest absolute Gasteiger partial charge is 0.329 e. The number of nitrogens with two attached hydrogens (primary N) is 1. The lowest BCUT2D eigenvalue weighted by Crippen LogP contribution is -2.46. The molecule has 102 valence electrons. The van der Waals surface area contributed by atoms with E-state index in [0.717, 1.165) is 0 Å². The third-order valence-corrected chi connectivity index (χ3v) is 2.63. The van der Waals surface area contributed by atoms with Crippen LogP contribution in [0.3, 0.4) is 0 Å². The molecule has 0 bridgehead atoms. The van der Waals surface area contributed by atoms with Crippen molar-refractivity contribution >= 4 is 18.3 Å². The van der Waals surface area contributed by atoms with Gasteiger partial charge in [-0.05, 0) is 5.92 Å². The number of amides is 1. The van der Waals surface area contributed by atoms with E-state index in [-0.39, 0.29) is 18.3 Å². The van der Waals surface area contributed by atoms with E-state index in [1.165, 1.54) is 0 Å². The highest BCUT2D eigenvalue weighted by molar-refractivity contribution is 5.85. The predicted molar refractivity (Wildman–Crippen MR) is 56.5 cm³/mol. The maximum absolute atomic E-state index is 12.8. The van der Waals surface area contributed by atoms with Crippen LogP contribution in [0.15, 0.2) is 0 Å². The summed E-state index contributed by atoms with van der Waals surface area (Å²) in [4.78, 5) is 11.9. The first-order chi connectivity index (χ1) is 7.08. The molecule has 1 atom stereocenters. The maximum Gasteiger partial charge on any atom is 0.329 e. The normalized spacial score (nSPS) is 23.4. The van der Waals surface area contributed by atoms with Crippen molar-refractivity contribution in [3.8, 4) is 0 Å². The largest absolute Gasteiger partial charge is 0.329 e. The molecular weight excluding hydrogens is 264 g/mol. The molecule has 8 heteroatoms. The number of hydrogen-bond donors (Lipinski definition) is 1. The summed E-state index contributed by atoms with van der Waals surface area (Å²) in [5.41, 5.74) is 5.44. The molecule has 0 aromatic rings. The van der Waals surface area contributed by atoms with Crippen molar-refractivity contribution in [2.45, 2.75) is 31.7 Å². The lowest BCUT2D eigenvalue weighted by molar-refractivity contribution is -0.172. The molecule has 0 spiro atoms. The quantitative estimate of drug-likeness (QED) is 0.778. The number of alkyl halides is 4. The molecule has 0 unspecified atom stereocenters. The Morgan fingerprint density at radius 1 is 1.18 bits per heavy atom. The Morgan fingerprint density at radius 2 is 1.53 bits per heavy atom.